The van der Waals surface area contributed by atoms with E-state index in [1.54, 1.807) is 30.0 Å². The summed E-state index contributed by atoms with van der Waals surface area (Å²) >= 11 is 6.03. The second-order valence-electron chi connectivity index (χ2n) is 6.39. The fourth-order valence-electron chi connectivity index (χ4n) is 2.82. The molecule has 2 aliphatic rings. The van der Waals surface area contributed by atoms with Crippen molar-refractivity contribution >= 4 is 29.6 Å². The lowest BCUT2D eigenvalue weighted by molar-refractivity contribution is -0.143. The lowest BCUT2D eigenvalue weighted by Gasteiger charge is -2.25. The minimum absolute atomic E-state index is 0.0816. The van der Waals surface area contributed by atoms with Crippen molar-refractivity contribution in [1.82, 2.24) is 4.90 Å². The lowest BCUT2D eigenvalue weighted by atomic mass is 10.1. The standard InChI is InChI=1S/C19H22ClNO4/c1-2-24-18(22)7-8-21(11-13-3-4-13)19(23)15-9-14-10-16(20)5-6-17(14)25-12-15/h5-6,9-10,13H,2-4,7-8,11-12H2,1H3. The summed E-state index contributed by atoms with van der Waals surface area (Å²) in [5.74, 6) is 0.906. The van der Waals surface area contributed by atoms with E-state index in [1.807, 2.05) is 6.08 Å². The fraction of sp³-hybridized carbons (Fsp3) is 0.474. The summed E-state index contributed by atoms with van der Waals surface area (Å²) in [6, 6.07) is 5.35. The molecule has 5 nitrogen and oxygen atoms in total. The van der Waals surface area contributed by atoms with Crippen LogP contribution in [0.1, 0.15) is 31.7 Å². The van der Waals surface area contributed by atoms with Crippen molar-refractivity contribution in [1.29, 1.82) is 0 Å². The maximum atomic E-state index is 12.9. The van der Waals surface area contributed by atoms with Crippen LogP contribution in [0.5, 0.6) is 5.75 Å². The van der Waals surface area contributed by atoms with E-state index in [2.05, 4.69) is 0 Å². The molecule has 3 rings (SSSR count). The van der Waals surface area contributed by atoms with Crippen molar-refractivity contribution in [3.05, 3.63) is 34.4 Å². The Labute approximate surface area is 152 Å². The first-order valence-corrected chi connectivity index (χ1v) is 9.02. The van der Waals surface area contributed by atoms with Crippen LogP contribution in [0.3, 0.4) is 0 Å². The van der Waals surface area contributed by atoms with Crippen LogP contribution in [0.25, 0.3) is 6.08 Å². The Morgan fingerprint density at radius 3 is 2.88 bits per heavy atom. The molecule has 1 aliphatic carbocycles. The number of benzene rings is 1. The van der Waals surface area contributed by atoms with Gasteiger partial charge < -0.3 is 14.4 Å². The Morgan fingerprint density at radius 1 is 1.36 bits per heavy atom. The molecule has 0 radical (unpaired) electrons. The van der Waals surface area contributed by atoms with Gasteiger partial charge in [-0.05, 0) is 50.0 Å². The molecule has 1 aromatic carbocycles. The van der Waals surface area contributed by atoms with Crippen molar-refractivity contribution in [3.63, 3.8) is 0 Å². The number of ether oxygens (including phenoxy) is 2. The van der Waals surface area contributed by atoms with Crippen LogP contribution in [-0.2, 0) is 14.3 Å². The molecule has 0 saturated heterocycles. The second kappa shape index (κ2) is 7.91. The van der Waals surface area contributed by atoms with Crippen molar-refractivity contribution in [2.24, 2.45) is 5.92 Å². The number of hydrogen-bond acceptors (Lipinski definition) is 4. The molecule has 1 heterocycles. The van der Waals surface area contributed by atoms with Crippen LogP contribution in [-0.4, -0.2) is 43.1 Å². The maximum absolute atomic E-state index is 12.9. The molecule has 134 valence electrons. The molecule has 0 N–H and O–H groups in total. The molecule has 1 saturated carbocycles. The van der Waals surface area contributed by atoms with Gasteiger partial charge in [0, 0.05) is 23.7 Å². The fourth-order valence-corrected chi connectivity index (χ4v) is 3.00. The second-order valence-corrected chi connectivity index (χ2v) is 6.83. The molecule has 1 fully saturated rings. The first-order valence-electron chi connectivity index (χ1n) is 8.64. The average Bonchev–Trinajstić information content (AvgIpc) is 3.41. The van der Waals surface area contributed by atoms with Crippen LogP contribution in [0.2, 0.25) is 5.02 Å². The summed E-state index contributed by atoms with van der Waals surface area (Å²) in [5.41, 5.74) is 1.39. The number of halogens is 1. The van der Waals surface area contributed by atoms with Gasteiger partial charge in [0.05, 0.1) is 18.6 Å². The van der Waals surface area contributed by atoms with Crippen LogP contribution < -0.4 is 4.74 Å². The lowest BCUT2D eigenvalue weighted by Crippen LogP contribution is -2.37. The smallest absolute Gasteiger partial charge is 0.307 e. The van der Waals surface area contributed by atoms with Gasteiger partial charge in [-0.2, -0.15) is 0 Å². The van der Waals surface area contributed by atoms with Gasteiger partial charge in [0.2, 0.25) is 0 Å². The number of fused-ring (bicyclic) bond motifs is 1. The summed E-state index contributed by atoms with van der Waals surface area (Å²) in [6.45, 7) is 3.41. The van der Waals surface area contributed by atoms with Crippen molar-refractivity contribution < 1.29 is 19.1 Å². The van der Waals surface area contributed by atoms with Gasteiger partial charge in [0.25, 0.3) is 5.91 Å². The number of rotatable bonds is 7. The zero-order valence-electron chi connectivity index (χ0n) is 14.3. The monoisotopic (exact) mass is 363 g/mol. The third-order valence-electron chi connectivity index (χ3n) is 4.31. The zero-order valence-corrected chi connectivity index (χ0v) is 15.1. The van der Waals surface area contributed by atoms with Gasteiger partial charge >= 0.3 is 5.97 Å². The van der Waals surface area contributed by atoms with Gasteiger partial charge in [-0.25, -0.2) is 0 Å². The largest absolute Gasteiger partial charge is 0.488 e. The normalized spacial score (nSPS) is 15.7. The molecule has 1 aliphatic heterocycles. The van der Waals surface area contributed by atoms with E-state index in [1.165, 1.54) is 0 Å². The third-order valence-corrected chi connectivity index (χ3v) is 4.55. The van der Waals surface area contributed by atoms with E-state index < -0.39 is 0 Å². The first kappa shape index (κ1) is 17.8. The highest BCUT2D eigenvalue weighted by Crippen LogP contribution is 2.32. The Kier molecular flexibility index (Phi) is 5.63. The SMILES string of the molecule is CCOC(=O)CCN(CC1CC1)C(=O)C1=Cc2cc(Cl)ccc2OC1. The molecular formula is C19H22ClNO4. The number of carbonyl (C=O) groups excluding carboxylic acids is 2. The van der Waals surface area contributed by atoms with Gasteiger partial charge in [0.15, 0.2) is 0 Å². The third kappa shape index (κ3) is 4.75. The van der Waals surface area contributed by atoms with E-state index in [4.69, 9.17) is 21.1 Å². The van der Waals surface area contributed by atoms with Gasteiger partial charge in [-0.15, -0.1) is 0 Å². The van der Waals surface area contributed by atoms with Crippen LogP contribution in [0.15, 0.2) is 23.8 Å². The van der Waals surface area contributed by atoms with Crippen LogP contribution >= 0.6 is 11.6 Å². The zero-order chi connectivity index (χ0) is 17.8. The van der Waals surface area contributed by atoms with Crippen molar-refractivity contribution in [2.45, 2.75) is 26.2 Å². The number of nitrogens with zero attached hydrogens (tertiary/aromatic N) is 1. The summed E-state index contributed by atoms with van der Waals surface area (Å²) in [7, 11) is 0. The van der Waals surface area contributed by atoms with E-state index in [-0.39, 0.29) is 24.9 Å². The highest BCUT2D eigenvalue weighted by molar-refractivity contribution is 6.30. The minimum Gasteiger partial charge on any atom is -0.488 e. The van der Waals surface area contributed by atoms with Gasteiger partial charge in [-0.3, -0.25) is 9.59 Å². The topological polar surface area (TPSA) is 55.8 Å². The van der Waals surface area contributed by atoms with E-state index in [0.717, 1.165) is 24.2 Å². The van der Waals surface area contributed by atoms with E-state index in [0.29, 0.717) is 36.2 Å². The summed E-state index contributed by atoms with van der Waals surface area (Å²) in [4.78, 5) is 26.3. The average molecular weight is 364 g/mol. The number of esters is 1. The Bertz CT molecular complexity index is 697. The summed E-state index contributed by atoms with van der Waals surface area (Å²) in [6.07, 6.45) is 4.31. The molecule has 0 aromatic heterocycles. The van der Waals surface area contributed by atoms with Gasteiger partial charge in [-0.1, -0.05) is 11.6 Å². The van der Waals surface area contributed by atoms with Crippen LogP contribution in [0.4, 0.5) is 0 Å². The maximum Gasteiger partial charge on any atom is 0.307 e. The molecule has 0 spiro atoms. The van der Waals surface area contributed by atoms with E-state index in [9.17, 15) is 9.59 Å². The molecule has 0 unspecified atom stereocenters. The molecule has 0 bridgehead atoms. The Balaban J connectivity index is 1.71. The minimum atomic E-state index is -0.276. The molecule has 1 aromatic rings. The molecule has 6 heteroatoms. The van der Waals surface area contributed by atoms with Crippen molar-refractivity contribution in [2.75, 3.05) is 26.3 Å². The predicted octanol–water partition coefficient (Wildman–Crippen LogP) is 3.31. The molecule has 25 heavy (non-hydrogen) atoms. The van der Waals surface area contributed by atoms with Crippen molar-refractivity contribution in [3.8, 4) is 5.75 Å². The predicted molar refractivity (Wildman–Crippen MR) is 95.5 cm³/mol. The van der Waals surface area contributed by atoms with Crippen LogP contribution in [0, 0.1) is 5.92 Å². The number of hydrogen-bond donors (Lipinski definition) is 0. The highest BCUT2D eigenvalue weighted by atomic mass is 35.5. The Hall–Kier alpha value is -2.01. The quantitative estimate of drug-likeness (QED) is 0.697. The van der Waals surface area contributed by atoms with E-state index >= 15 is 0 Å². The number of carbonyl (C=O) groups is 2. The van der Waals surface area contributed by atoms with Gasteiger partial charge in [0.1, 0.15) is 12.4 Å². The number of amides is 1. The first-order chi connectivity index (χ1) is 12.1. The molecular weight excluding hydrogens is 342 g/mol. The highest BCUT2D eigenvalue weighted by Gasteiger charge is 2.29. The summed E-state index contributed by atoms with van der Waals surface area (Å²) < 4.78 is 10.6. The molecule has 0 atom stereocenters. The Morgan fingerprint density at radius 2 is 2.16 bits per heavy atom. The molecule has 1 amide bonds. The summed E-state index contributed by atoms with van der Waals surface area (Å²) in [5, 5.41) is 0.601.